The standard InChI is InChI=1S/C24H30N2O3S/c1-16(2)29-23(27)21-15-30-22(18-10-4-3-5-11-18)26(21)24(28)25-20-14-8-12-17-9-6-7-13-19(17)20/h6-9,12-14,16,18,21-22H,3-5,10-11,15H2,1-2H3,(H,25,28)/t21-,22-/m1/s1. The van der Waals surface area contributed by atoms with Crippen molar-refractivity contribution in [2.75, 3.05) is 11.1 Å². The fraction of sp³-hybridized carbons (Fsp3) is 0.500. The summed E-state index contributed by atoms with van der Waals surface area (Å²) in [6.07, 6.45) is 5.68. The largest absolute Gasteiger partial charge is 0.461 e. The molecule has 4 rings (SSSR count). The number of anilines is 1. The Labute approximate surface area is 182 Å². The molecule has 160 valence electrons. The topological polar surface area (TPSA) is 58.6 Å². The van der Waals surface area contributed by atoms with E-state index in [-0.39, 0.29) is 23.5 Å². The van der Waals surface area contributed by atoms with Crippen molar-refractivity contribution in [1.82, 2.24) is 4.90 Å². The van der Waals surface area contributed by atoms with Gasteiger partial charge in [0.05, 0.1) is 17.2 Å². The number of rotatable bonds is 4. The summed E-state index contributed by atoms with van der Waals surface area (Å²) >= 11 is 1.73. The Kier molecular flexibility index (Phi) is 6.52. The lowest BCUT2D eigenvalue weighted by atomic mass is 9.88. The summed E-state index contributed by atoms with van der Waals surface area (Å²) in [6, 6.07) is 13.1. The van der Waals surface area contributed by atoms with Gasteiger partial charge in [0, 0.05) is 11.1 Å². The molecule has 1 aliphatic heterocycles. The van der Waals surface area contributed by atoms with Crippen LogP contribution in [-0.4, -0.2) is 40.2 Å². The number of nitrogens with one attached hydrogen (secondary N) is 1. The van der Waals surface area contributed by atoms with E-state index in [1.165, 1.54) is 19.3 Å². The molecule has 2 atom stereocenters. The minimum atomic E-state index is -0.542. The van der Waals surface area contributed by atoms with Gasteiger partial charge < -0.3 is 10.1 Å². The molecule has 1 heterocycles. The number of ether oxygens (including phenoxy) is 1. The third-order valence-corrected chi connectivity index (χ3v) is 7.44. The summed E-state index contributed by atoms with van der Waals surface area (Å²) in [6.45, 7) is 3.69. The average Bonchev–Trinajstić information content (AvgIpc) is 3.20. The van der Waals surface area contributed by atoms with Crippen molar-refractivity contribution in [3.63, 3.8) is 0 Å². The van der Waals surface area contributed by atoms with Gasteiger partial charge in [-0.15, -0.1) is 11.8 Å². The van der Waals surface area contributed by atoms with Crippen molar-refractivity contribution >= 4 is 40.2 Å². The number of amides is 2. The zero-order valence-corrected chi connectivity index (χ0v) is 18.5. The van der Waals surface area contributed by atoms with E-state index in [4.69, 9.17) is 4.74 Å². The molecule has 1 aliphatic carbocycles. The van der Waals surface area contributed by atoms with Gasteiger partial charge in [-0.3, -0.25) is 4.90 Å². The van der Waals surface area contributed by atoms with Crippen LogP contribution in [0.3, 0.4) is 0 Å². The van der Waals surface area contributed by atoms with Crippen molar-refractivity contribution in [2.24, 2.45) is 5.92 Å². The maximum absolute atomic E-state index is 13.5. The summed E-state index contributed by atoms with van der Waals surface area (Å²) < 4.78 is 5.50. The molecule has 1 N–H and O–H groups in total. The fourth-order valence-electron chi connectivity index (χ4n) is 4.57. The molecule has 2 aromatic carbocycles. The molecule has 0 unspecified atom stereocenters. The van der Waals surface area contributed by atoms with Crippen molar-refractivity contribution in [2.45, 2.75) is 63.5 Å². The van der Waals surface area contributed by atoms with E-state index < -0.39 is 6.04 Å². The van der Waals surface area contributed by atoms with E-state index >= 15 is 0 Å². The highest BCUT2D eigenvalue weighted by molar-refractivity contribution is 8.00. The molecular weight excluding hydrogens is 396 g/mol. The van der Waals surface area contributed by atoms with Crippen LogP contribution in [0.4, 0.5) is 10.5 Å². The molecule has 0 bridgehead atoms. The van der Waals surface area contributed by atoms with Gasteiger partial charge in [0.1, 0.15) is 6.04 Å². The van der Waals surface area contributed by atoms with Crippen molar-refractivity contribution in [3.05, 3.63) is 42.5 Å². The first-order chi connectivity index (χ1) is 14.5. The van der Waals surface area contributed by atoms with E-state index in [1.54, 1.807) is 16.7 Å². The third-order valence-electron chi connectivity index (χ3n) is 5.98. The summed E-state index contributed by atoms with van der Waals surface area (Å²) in [5, 5.41) is 5.19. The second-order valence-corrected chi connectivity index (χ2v) is 9.64. The molecule has 30 heavy (non-hydrogen) atoms. The second kappa shape index (κ2) is 9.29. The van der Waals surface area contributed by atoms with Crippen molar-refractivity contribution in [1.29, 1.82) is 0 Å². The van der Waals surface area contributed by atoms with Crippen LogP contribution < -0.4 is 5.32 Å². The molecule has 2 aliphatic rings. The minimum absolute atomic E-state index is 0.0185. The van der Waals surface area contributed by atoms with Crippen LogP contribution in [-0.2, 0) is 9.53 Å². The average molecular weight is 427 g/mol. The SMILES string of the molecule is CC(C)OC(=O)[C@H]1CS[C@H](C2CCCCC2)N1C(=O)Nc1cccc2ccccc12. The number of thioether (sulfide) groups is 1. The molecule has 2 amide bonds. The number of hydrogen-bond acceptors (Lipinski definition) is 4. The lowest BCUT2D eigenvalue weighted by molar-refractivity contribution is -0.151. The molecule has 5 nitrogen and oxygen atoms in total. The van der Waals surface area contributed by atoms with E-state index in [0.717, 1.165) is 29.3 Å². The Morgan fingerprint density at radius 3 is 2.57 bits per heavy atom. The van der Waals surface area contributed by atoms with E-state index in [9.17, 15) is 9.59 Å². The first kappa shape index (κ1) is 21.0. The molecule has 0 aromatic heterocycles. The number of carbonyl (C=O) groups excluding carboxylic acids is 2. The van der Waals surface area contributed by atoms with E-state index in [1.807, 2.05) is 56.3 Å². The number of urea groups is 1. The Balaban J connectivity index is 1.60. The number of benzene rings is 2. The van der Waals surface area contributed by atoms with Crippen LogP contribution in [0.2, 0.25) is 0 Å². The fourth-order valence-corrected chi connectivity index (χ4v) is 6.20. The Morgan fingerprint density at radius 1 is 1.07 bits per heavy atom. The quantitative estimate of drug-likeness (QED) is 0.642. The molecular formula is C24H30N2O3S. The van der Waals surface area contributed by atoms with Crippen LogP contribution in [0, 0.1) is 5.92 Å². The minimum Gasteiger partial charge on any atom is -0.461 e. The lowest BCUT2D eigenvalue weighted by Gasteiger charge is -2.35. The van der Waals surface area contributed by atoms with Crippen molar-refractivity contribution < 1.29 is 14.3 Å². The molecule has 1 saturated carbocycles. The molecule has 0 radical (unpaired) electrons. The number of fused-ring (bicyclic) bond motifs is 1. The molecule has 0 spiro atoms. The van der Waals surface area contributed by atoms with Gasteiger partial charge in [-0.2, -0.15) is 0 Å². The second-order valence-electron chi connectivity index (χ2n) is 8.49. The van der Waals surface area contributed by atoms with Crippen LogP contribution >= 0.6 is 11.8 Å². The van der Waals surface area contributed by atoms with Gasteiger partial charge in [-0.1, -0.05) is 55.7 Å². The van der Waals surface area contributed by atoms with Gasteiger partial charge in [0.25, 0.3) is 0 Å². The number of nitrogens with zero attached hydrogens (tertiary/aromatic N) is 1. The van der Waals surface area contributed by atoms with Crippen LogP contribution in [0.15, 0.2) is 42.5 Å². The van der Waals surface area contributed by atoms with Crippen LogP contribution in [0.5, 0.6) is 0 Å². The maximum atomic E-state index is 13.5. The third kappa shape index (κ3) is 4.43. The number of carbonyl (C=O) groups is 2. The summed E-state index contributed by atoms with van der Waals surface area (Å²) in [5.74, 6) is 0.720. The summed E-state index contributed by atoms with van der Waals surface area (Å²) in [4.78, 5) is 28.1. The normalized spacial score (nSPS) is 22.4. The maximum Gasteiger partial charge on any atom is 0.330 e. The highest BCUT2D eigenvalue weighted by Crippen LogP contribution is 2.41. The predicted molar refractivity (Wildman–Crippen MR) is 123 cm³/mol. The Bertz CT molecular complexity index is 905. The number of hydrogen-bond donors (Lipinski definition) is 1. The van der Waals surface area contributed by atoms with Gasteiger partial charge in [0.2, 0.25) is 0 Å². The van der Waals surface area contributed by atoms with Gasteiger partial charge in [-0.25, -0.2) is 9.59 Å². The molecule has 6 heteroatoms. The van der Waals surface area contributed by atoms with Gasteiger partial charge >= 0.3 is 12.0 Å². The highest BCUT2D eigenvalue weighted by Gasteiger charge is 2.46. The van der Waals surface area contributed by atoms with Gasteiger partial charge in [0.15, 0.2) is 0 Å². The van der Waals surface area contributed by atoms with E-state index in [2.05, 4.69) is 5.32 Å². The first-order valence-electron chi connectivity index (χ1n) is 10.9. The highest BCUT2D eigenvalue weighted by atomic mass is 32.2. The lowest BCUT2D eigenvalue weighted by Crippen LogP contribution is -2.50. The zero-order chi connectivity index (χ0) is 21.1. The predicted octanol–water partition coefficient (Wildman–Crippen LogP) is 5.65. The molecule has 2 aromatic rings. The van der Waals surface area contributed by atoms with Gasteiger partial charge in [-0.05, 0) is 44.1 Å². The Morgan fingerprint density at radius 2 is 1.80 bits per heavy atom. The first-order valence-corrected chi connectivity index (χ1v) is 12.0. The smallest absolute Gasteiger partial charge is 0.330 e. The molecule has 2 fully saturated rings. The Hall–Kier alpha value is -2.21. The van der Waals surface area contributed by atoms with E-state index in [0.29, 0.717) is 11.7 Å². The van der Waals surface area contributed by atoms with Crippen molar-refractivity contribution in [3.8, 4) is 0 Å². The summed E-state index contributed by atoms with van der Waals surface area (Å²) in [7, 11) is 0. The van der Waals surface area contributed by atoms with Crippen LogP contribution in [0.25, 0.3) is 10.8 Å². The summed E-state index contributed by atoms with van der Waals surface area (Å²) in [5.41, 5.74) is 0.772. The van der Waals surface area contributed by atoms with Crippen LogP contribution in [0.1, 0.15) is 46.0 Å². The number of esters is 1. The zero-order valence-electron chi connectivity index (χ0n) is 17.7. The molecule has 1 saturated heterocycles. The monoisotopic (exact) mass is 426 g/mol.